The molecule has 2 aromatic carbocycles. The molecule has 0 aliphatic heterocycles. The molecular weight excluding hydrogens is 485 g/mol. The number of allylic oxidation sites excluding steroid dienone is 1. The summed E-state index contributed by atoms with van der Waals surface area (Å²) in [6.45, 7) is 12.8. The van der Waals surface area contributed by atoms with Crippen molar-refractivity contribution in [2.45, 2.75) is 122 Å². The number of hydrogen-bond donors (Lipinski definition) is 0. The molecule has 2 aromatic rings. The quantitative estimate of drug-likeness (QED) is 0.212. The van der Waals surface area contributed by atoms with Gasteiger partial charge >= 0.3 is 0 Å². The van der Waals surface area contributed by atoms with E-state index in [-0.39, 0.29) is 12.1 Å². The molecule has 208 valence electrons. The van der Waals surface area contributed by atoms with Gasteiger partial charge in [0.2, 0.25) is 0 Å². The van der Waals surface area contributed by atoms with E-state index >= 15 is 0 Å². The van der Waals surface area contributed by atoms with Crippen LogP contribution in [0.5, 0.6) is 0 Å². The highest BCUT2D eigenvalue weighted by molar-refractivity contribution is 7.64. The Hall–Kier alpha value is -1.83. The summed E-state index contributed by atoms with van der Waals surface area (Å²) in [4.78, 5) is 6.59. The molecule has 2 saturated carbocycles. The minimum Gasteiger partial charge on any atom is -0.323 e. The molecule has 4 heteroatoms. The van der Waals surface area contributed by atoms with E-state index in [4.69, 9.17) is 4.84 Å². The molecule has 2 aliphatic rings. The van der Waals surface area contributed by atoms with Crippen LogP contribution in [0.2, 0.25) is 0 Å². The van der Waals surface area contributed by atoms with Crippen LogP contribution in [0.4, 0.5) is 0 Å². The first-order valence-electron chi connectivity index (χ1n) is 15.1. The van der Waals surface area contributed by atoms with Gasteiger partial charge in [0.05, 0.1) is 13.2 Å². The highest BCUT2D eigenvalue weighted by Crippen LogP contribution is 2.64. The Bertz CT molecular complexity index is 1030. The molecule has 0 saturated heterocycles. The van der Waals surface area contributed by atoms with Crippen LogP contribution in [0.1, 0.15) is 121 Å². The number of hydroxylamine groups is 2. The van der Waals surface area contributed by atoms with E-state index in [1.807, 2.05) is 12.0 Å². The van der Waals surface area contributed by atoms with E-state index in [9.17, 15) is 4.57 Å². The zero-order valence-electron chi connectivity index (χ0n) is 24.3. The van der Waals surface area contributed by atoms with E-state index in [0.717, 1.165) is 17.4 Å². The van der Waals surface area contributed by atoms with Gasteiger partial charge in [-0.3, -0.25) is 9.90 Å². The Morgan fingerprint density at radius 1 is 0.842 bits per heavy atom. The molecule has 2 atom stereocenters. The van der Waals surface area contributed by atoms with Crippen molar-refractivity contribution >= 4 is 7.14 Å². The van der Waals surface area contributed by atoms with Gasteiger partial charge in [-0.25, -0.2) is 0 Å². The predicted molar refractivity (Wildman–Crippen MR) is 162 cm³/mol. The van der Waals surface area contributed by atoms with Crippen LogP contribution in [-0.2, 0) is 15.6 Å². The summed E-state index contributed by atoms with van der Waals surface area (Å²) in [5.74, 6) is 0.359. The number of nitrogens with zero attached hydrogens (tertiary/aromatic N) is 1. The molecular formula is C34H50NO2P. The molecule has 0 N–H and O–H groups in total. The van der Waals surface area contributed by atoms with Crippen molar-refractivity contribution in [2.75, 3.05) is 0 Å². The van der Waals surface area contributed by atoms with Crippen molar-refractivity contribution < 1.29 is 9.40 Å². The maximum atomic E-state index is 14.8. The lowest BCUT2D eigenvalue weighted by atomic mass is 9.95. The third-order valence-corrected chi connectivity index (χ3v) is 13.3. The second kappa shape index (κ2) is 13.5. The van der Waals surface area contributed by atoms with Gasteiger partial charge in [0.25, 0.3) is 0 Å². The number of hydrogen-bond acceptors (Lipinski definition) is 3. The van der Waals surface area contributed by atoms with Crippen LogP contribution >= 0.6 is 7.14 Å². The lowest BCUT2D eigenvalue weighted by molar-refractivity contribution is -0.204. The smallest absolute Gasteiger partial charge is 0.108 e. The highest BCUT2D eigenvalue weighted by Gasteiger charge is 2.41. The van der Waals surface area contributed by atoms with E-state index in [2.05, 4.69) is 81.9 Å². The molecule has 4 rings (SSSR count). The lowest BCUT2D eigenvalue weighted by Crippen LogP contribution is -2.31. The van der Waals surface area contributed by atoms with Gasteiger partial charge < -0.3 is 4.57 Å². The molecule has 0 amide bonds. The second-order valence-electron chi connectivity index (χ2n) is 12.2. The van der Waals surface area contributed by atoms with Crippen LogP contribution in [0, 0.1) is 5.92 Å². The van der Waals surface area contributed by atoms with Crippen molar-refractivity contribution in [2.24, 2.45) is 5.92 Å². The van der Waals surface area contributed by atoms with Crippen molar-refractivity contribution in [3.05, 3.63) is 83.6 Å². The zero-order valence-corrected chi connectivity index (χ0v) is 25.2. The average Bonchev–Trinajstić information content (AvgIpc) is 2.94. The Balaban J connectivity index is 1.49. The summed E-state index contributed by atoms with van der Waals surface area (Å²) >= 11 is 0. The Morgan fingerprint density at radius 3 is 1.84 bits per heavy atom. The molecule has 3 nitrogen and oxygen atoms in total. The number of benzene rings is 2. The fourth-order valence-corrected chi connectivity index (χ4v) is 11.2. The summed E-state index contributed by atoms with van der Waals surface area (Å²) < 4.78 is 14.8. The minimum atomic E-state index is -2.28. The van der Waals surface area contributed by atoms with Crippen LogP contribution < -0.4 is 0 Å². The summed E-state index contributed by atoms with van der Waals surface area (Å²) in [7, 11) is -2.28. The molecule has 2 fully saturated rings. The van der Waals surface area contributed by atoms with Gasteiger partial charge in [-0.2, -0.15) is 0 Å². The summed E-state index contributed by atoms with van der Waals surface area (Å²) in [5.41, 5.74) is 5.39. The molecule has 0 radical (unpaired) electrons. The van der Waals surface area contributed by atoms with E-state index < -0.39 is 7.14 Å². The maximum absolute atomic E-state index is 14.8. The monoisotopic (exact) mass is 535 g/mol. The van der Waals surface area contributed by atoms with Gasteiger partial charge in [0.1, 0.15) is 6.10 Å². The molecule has 0 spiro atoms. The molecule has 0 aromatic heterocycles. The van der Waals surface area contributed by atoms with E-state index in [1.54, 1.807) is 0 Å². The third-order valence-electron chi connectivity index (χ3n) is 8.94. The van der Waals surface area contributed by atoms with E-state index in [0.29, 0.717) is 17.2 Å². The topological polar surface area (TPSA) is 29.5 Å². The minimum absolute atomic E-state index is 0.0901. The molecule has 2 aliphatic carbocycles. The summed E-state index contributed by atoms with van der Waals surface area (Å²) in [5, 5.41) is 2.00. The Labute approximate surface area is 232 Å². The SMILES string of the molecule is C=C(C)N(OC(C)c1ccc(CP(=O)(C2CCCCC2)C2CCCCC2)cc1)C(c1ccccc1)C(C)C. The number of rotatable bonds is 11. The molecule has 2 unspecified atom stereocenters. The van der Waals surface area contributed by atoms with Crippen molar-refractivity contribution in [1.82, 2.24) is 5.06 Å². The normalized spacial score (nSPS) is 19.3. The van der Waals surface area contributed by atoms with Crippen molar-refractivity contribution in [3.63, 3.8) is 0 Å². The third kappa shape index (κ3) is 7.02. The van der Waals surface area contributed by atoms with Crippen LogP contribution in [0.3, 0.4) is 0 Å². The van der Waals surface area contributed by atoms with Gasteiger partial charge in [0, 0.05) is 23.2 Å². The zero-order chi connectivity index (χ0) is 27.1. The Kier molecular flexibility index (Phi) is 10.4. The first-order chi connectivity index (χ1) is 18.3. The fraction of sp³-hybridized carbons (Fsp3) is 0.588. The van der Waals surface area contributed by atoms with Gasteiger partial charge in [-0.05, 0) is 62.1 Å². The lowest BCUT2D eigenvalue weighted by Gasteiger charge is -2.38. The standard InChI is InChI=1S/C34H50NO2P/c1-26(2)34(31-15-9-6-10-16-31)35(27(3)4)37-28(5)30-23-21-29(22-24-30)25-38(36,32-17-11-7-12-18-32)33-19-13-8-14-20-33/h6,9-10,15-16,21-24,26,28,32-34H,3,7-8,11-14,17-20,25H2,1-2,4-5H3. The second-order valence-corrected chi connectivity index (χ2v) is 15.7. The van der Waals surface area contributed by atoms with E-state index in [1.165, 1.54) is 75.3 Å². The average molecular weight is 536 g/mol. The summed E-state index contributed by atoms with van der Waals surface area (Å²) in [6.07, 6.45) is 13.0. The molecule has 0 bridgehead atoms. The van der Waals surface area contributed by atoms with Crippen LogP contribution in [0.25, 0.3) is 0 Å². The van der Waals surface area contributed by atoms with Crippen molar-refractivity contribution in [1.29, 1.82) is 0 Å². The molecule has 38 heavy (non-hydrogen) atoms. The fourth-order valence-electron chi connectivity index (χ4n) is 6.84. The highest BCUT2D eigenvalue weighted by atomic mass is 31.2. The maximum Gasteiger partial charge on any atom is 0.108 e. The first kappa shape index (κ1) is 29.2. The van der Waals surface area contributed by atoms with Crippen LogP contribution in [-0.4, -0.2) is 16.4 Å². The molecule has 0 heterocycles. The van der Waals surface area contributed by atoms with Crippen molar-refractivity contribution in [3.8, 4) is 0 Å². The first-order valence-corrected chi connectivity index (χ1v) is 17.2. The van der Waals surface area contributed by atoms with Gasteiger partial charge in [0.15, 0.2) is 0 Å². The Morgan fingerprint density at radius 2 is 1.37 bits per heavy atom. The van der Waals surface area contributed by atoms with Gasteiger partial charge in [-0.15, -0.1) is 0 Å². The van der Waals surface area contributed by atoms with Gasteiger partial charge in [-0.1, -0.05) is 114 Å². The predicted octanol–water partition coefficient (Wildman–Crippen LogP) is 10.4. The van der Waals surface area contributed by atoms with Crippen LogP contribution in [0.15, 0.2) is 66.9 Å². The summed E-state index contributed by atoms with van der Waals surface area (Å²) in [6, 6.07) is 19.5. The largest absolute Gasteiger partial charge is 0.323 e.